The summed E-state index contributed by atoms with van der Waals surface area (Å²) in [4.78, 5) is 27.6. The molecule has 1 amide bonds. The van der Waals surface area contributed by atoms with E-state index in [2.05, 4.69) is 12.1 Å². The number of amides is 1. The summed E-state index contributed by atoms with van der Waals surface area (Å²) in [6.45, 7) is 4.22. The smallest absolute Gasteiger partial charge is 0.317 e. The van der Waals surface area contributed by atoms with E-state index in [1.807, 2.05) is 22.8 Å². The molecule has 0 spiro atoms. The van der Waals surface area contributed by atoms with Crippen LogP contribution in [0, 0.1) is 0 Å². The summed E-state index contributed by atoms with van der Waals surface area (Å²) in [5.41, 5.74) is 3.51. The fourth-order valence-corrected chi connectivity index (χ4v) is 3.99. The topological polar surface area (TPSA) is 60.9 Å². The molecular weight excluding hydrogens is 304 g/mol. The summed E-state index contributed by atoms with van der Waals surface area (Å²) in [7, 11) is 0. The number of hydrogen-bond acceptors (Lipinski definition) is 3. The monoisotopic (exact) mass is 330 g/mol. The van der Waals surface area contributed by atoms with Crippen LogP contribution in [0.4, 0.5) is 0 Å². The first-order valence-corrected chi connectivity index (χ1v) is 8.95. The van der Waals surface area contributed by atoms with Crippen LogP contribution >= 0.6 is 0 Å². The van der Waals surface area contributed by atoms with Gasteiger partial charge in [0.25, 0.3) is 5.91 Å². The van der Waals surface area contributed by atoms with E-state index in [1.165, 1.54) is 17.5 Å². The SMILES string of the molecule is CCN(CC(=O)O)C1CCN(C(=O)c2ccc3c(c2)CCC3)CC1. The van der Waals surface area contributed by atoms with Crippen LogP contribution in [0.15, 0.2) is 18.2 Å². The molecule has 1 saturated heterocycles. The van der Waals surface area contributed by atoms with E-state index in [-0.39, 0.29) is 18.5 Å². The maximum Gasteiger partial charge on any atom is 0.317 e. The van der Waals surface area contributed by atoms with Crippen LogP contribution < -0.4 is 0 Å². The average Bonchev–Trinajstić information content (AvgIpc) is 3.06. The molecule has 1 aliphatic heterocycles. The van der Waals surface area contributed by atoms with Gasteiger partial charge in [0, 0.05) is 24.7 Å². The lowest BCUT2D eigenvalue weighted by Gasteiger charge is -2.37. The number of rotatable bonds is 5. The fourth-order valence-electron chi connectivity index (χ4n) is 3.99. The number of likely N-dealkylation sites (tertiary alicyclic amines) is 1. The van der Waals surface area contributed by atoms with Gasteiger partial charge in [-0.1, -0.05) is 13.0 Å². The molecule has 0 atom stereocenters. The standard InChI is InChI=1S/C19H26N2O3/c1-2-20(13-18(22)23)17-8-10-21(11-9-17)19(24)16-7-6-14-4-3-5-15(14)12-16/h6-7,12,17H,2-5,8-11,13H2,1H3,(H,22,23). The number of carbonyl (C=O) groups is 2. The molecule has 0 bridgehead atoms. The normalized spacial score (nSPS) is 18.0. The zero-order valence-electron chi connectivity index (χ0n) is 14.3. The third kappa shape index (κ3) is 3.61. The summed E-state index contributed by atoms with van der Waals surface area (Å²) in [5, 5.41) is 9.01. The number of fused-ring (bicyclic) bond motifs is 1. The molecule has 5 nitrogen and oxygen atoms in total. The molecule has 1 aliphatic carbocycles. The summed E-state index contributed by atoms with van der Waals surface area (Å²) in [6.07, 6.45) is 5.09. The first-order chi connectivity index (χ1) is 11.6. The second kappa shape index (κ2) is 7.34. The van der Waals surface area contributed by atoms with Gasteiger partial charge in [0.05, 0.1) is 6.54 Å². The molecule has 5 heteroatoms. The second-order valence-corrected chi connectivity index (χ2v) is 6.82. The Kier molecular flexibility index (Phi) is 5.19. The summed E-state index contributed by atoms with van der Waals surface area (Å²) >= 11 is 0. The van der Waals surface area contributed by atoms with Crippen LogP contribution in [0.3, 0.4) is 0 Å². The molecule has 0 unspecified atom stereocenters. The van der Waals surface area contributed by atoms with Crippen molar-refractivity contribution in [3.63, 3.8) is 0 Å². The van der Waals surface area contributed by atoms with Gasteiger partial charge in [-0.25, -0.2) is 0 Å². The Hall–Kier alpha value is -1.88. The Labute approximate surface area is 143 Å². The minimum absolute atomic E-state index is 0.0833. The highest BCUT2D eigenvalue weighted by atomic mass is 16.4. The van der Waals surface area contributed by atoms with E-state index >= 15 is 0 Å². The predicted molar refractivity (Wildman–Crippen MR) is 92.3 cm³/mol. The Morgan fingerprint density at radius 3 is 2.58 bits per heavy atom. The van der Waals surface area contributed by atoms with E-state index in [0.29, 0.717) is 13.1 Å². The number of hydrogen-bond donors (Lipinski definition) is 1. The Morgan fingerprint density at radius 2 is 1.92 bits per heavy atom. The van der Waals surface area contributed by atoms with Gasteiger partial charge in [0.1, 0.15) is 0 Å². The zero-order valence-corrected chi connectivity index (χ0v) is 14.3. The number of carboxylic acids is 1. The molecule has 1 aromatic rings. The van der Waals surface area contributed by atoms with Crippen molar-refractivity contribution in [3.05, 3.63) is 34.9 Å². The lowest BCUT2D eigenvalue weighted by Crippen LogP contribution is -2.48. The van der Waals surface area contributed by atoms with Crippen LogP contribution in [0.25, 0.3) is 0 Å². The molecule has 1 fully saturated rings. The first kappa shape index (κ1) is 17.0. The molecule has 1 N–H and O–H groups in total. The van der Waals surface area contributed by atoms with E-state index in [4.69, 9.17) is 5.11 Å². The average molecular weight is 330 g/mol. The van der Waals surface area contributed by atoms with Crippen molar-refractivity contribution < 1.29 is 14.7 Å². The Morgan fingerprint density at radius 1 is 1.21 bits per heavy atom. The van der Waals surface area contributed by atoms with E-state index in [9.17, 15) is 9.59 Å². The van der Waals surface area contributed by atoms with E-state index in [0.717, 1.165) is 37.8 Å². The van der Waals surface area contributed by atoms with Gasteiger partial charge in [0.2, 0.25) is 0 Å². The molecule has 0 saturated carbocycles. The van der Waals surface area contributed by atoms with Crippen molar-refractivity contribution in [2.45, 2.75) is 45.1 Å². The van der Waals surface area contributed by atoms with Gasteiger partial charge in [-0.05, 0) is 61.9 Å². The molecule has 3 rings (SSSR count). The molecule has 130 valence electrons. The number of nitrogens with zero attached hydrogens (tertiary/aromatic N) is 2. The molecular formula is C19H26N2O3. The van der Waals surface area contributed by atoms with Crippen molar-refractivity contribution >= 4 is 11.9 Å². The number of likely N-dealkylation sites (N-methyl/N-ethyl adjacent to an activating group) is 1. The molecule has 1 heterocycles. The maximum atomic E-state index is 12.7. The number of aryl methyl sites for hydroxylation is 2. The first-order valence-electron chi connectivity index (χ1n) is 8.95. The molecule has 2 aliphatic rings. The highest BCUT2D eigenvalue weighted by Gasteiger charge is 2.28. The predicted octanol–water partition coefficient (Wildman–Crippen LogP) is 2.19. The van der Waals surface area contributed by atoms with Crippen molar-refractivity contribution in [2.75, 3.05) is 26.2 Å². The van der Waals surface area contributed by atoms with Gasteiger partial charge >= 0.3 is 5.97 Å². The highest BCUT2D eigenvalue weighted by molar-refractivity contribution is 5.94. The van der Waals surface area contributed by atoms with E-state index < -0.39 is 5.97 Å². The number of aliphatic carboxylic acids is 1. The minimum Gasteiger partial charge on any atom is -0.480 e. The Bertz CT molecular complexity index is 621. The van der Waals surface area contributed by atoms with E-state index in [1.54, 1.807) is 0 Å². The molecule has 1 aromatic carbocycles. The Balaban J connectivity index is 1.60. The van der Waals surface area contributed by atoms with Crippen LogP contribution in [0.1, 0.15) is 47.7 Å². The summed E-state index contributed by atoms with van der Waals surface area (Å²) in [5.74, 6) is -0.669. The van der Waals surface area contributed by atoms with Crippen LogP contribution in [-0.2, 0) is 17.6 Å². The lowest BCUT2D eigenvalue weighted by atomic mass is 10.0. The largest absolute Gasteiger partial charge is 0.480 e. The van der Waals surface area contributed by atoms with Crippen LogP contribution in [-0.4, -0.2) is 59.0 Å². The summed E-state index contributed by atoms with van der Waals surface area (Å²) in [6, 6.07) is 6.39. The van der Waals surface area contributed by atoms with Crippen molar-refractivity contribution in [3.8, 4) is 0 Å². The van der Waals surface area contributed by atoms with Gasteiger partial charge in [-0.2, -0.15) is 0 Å². The van der Waals surface area contributed by atoms with Crippen molar-refractivity contribution in [2.24, 2.45) is 0 Å². The van der Waals surface area contributed by atoms with Crippen LogP contribution in [0.2, 0.25) is 0 Å². The second-order valence-electron chi connectivity index (χ2n) is 6.82. The third-order valence-electron chi connectivity index (χ3n) is 5.36. The number of benzene rings is 1. The lowest BCUT2D eigenvalue weighted by molar-refractivity contribution is -0.139. The highest BCUT2D eigenvalue weighted by Crippen LogP contribution is 2.24. The zero-order chi connectivity index (χ0) is 17.1. The number of carbonyl (C=O) groups excluding carboxylic acids is 1. The third-order valence-corrected chi connectivity index (χ3v) is 5.36. The fraction of sp³-hybridized carbons (Fsp3) is 0.579. The van der Waals surface area contributed by atoms with Crippen molar-refractivity contribution in [1.29, 1.82) is 0 Å². The number of carboxylic acid groups (broad SMARTS) is 1. The van der Waals surface area contributed by atoms with Gasteiger partial charge in [-0.15, -0.1) is 0 Å². The van der Waals surface area contributed by atoms with Gasteiger partial charge in [0.15, 0.2) is 0 Å². The van der Waals surface area contributed by atoms with Gasteiger partial charge in [-0.3, -0.25) is 14.5 Å². The molecule has 24 heavy (non-hydrogen) atoms. The molecule has 0 aromatic heterocycles. The number of piperidine rings is 1. The maximum absolute atomic E-state index is 12.7. The molecule has 0 radical (unpaired) electrons. The van der Waals surface area contributed by atoms with Crippen LogP contribution in [0.5, 0.6) is 0 Å². The minimum atomic E-state index is -0.784. The summed E-state index contributed by atoms with van der Waals surface area (Å²) < 4.78 is 0. The quantitative estimate of drug-likeness (QED) is 0.899. The van der Waals surface area contributed by atoms with Gasteiger partial charge < -0.3 is 10.0 Å². The van der Waals surface area contributed by atoms with Crippen molar-refractivity contribution in [1.82, 2.24) is 9.80 Å².